The molecular formula is C76H84F9N13O13S4. The van der Waals surface area contributed by atoms with Crippen LogP contribution in [0.3, 0.4) is 0 Å². The standard InChI is InChI=1S/C26H30F3N5O4S.C25H27F3N4O5S.C25H27F3N4O4S2/c1-4-38-24(37)21-19(13-34-15-26(28,29)11-18(34)12-33(3)14-20(35)36)31-22(23-30-9-10-39-23)32-25(21,2)16-5-7-17(27)8-6-16;1-3-37-23(35)20-18(11-32-14-25(27,28)10-17(32)12-36-13-19(33)34)30-21(22-29-8-9-38-22)31-24(20,2)15-4-6-16(26)7-5-15;1-3-36-23(35)20-18(11-32-14-25(27,28)10-17(32)12-37-13-19(33)34)30-21(22-29-8-9-38-22)31-24(20,2)15-4-6-16(26)7-5-15/h5-10,18H,4,11-15H2,1-3H3,(H,31,32)(H,35,36);2*4-9,17H,3,10-14H2,1-2H3,(H,30,31)(H,33,34)/t18?,25-;2*17?,24-/m000/s1. The van der Waals surface area contributed by atoms with Crippen molar-refractivity contribution in [2.75, 3.05) is 104 Å². The molecule has 6 aromatic rings. The second kappa shape index (κ2) is 37.6. The first kappa shape index (κ1) is 87.9. The minimum absolute atomic E-state index is 0.0611. The number of amidine groups is 3. The summed E-state index contributed by atoms with van der Waals surface area (Å²) in [6.45, 7) is 7.14. The molecule has 6 aliphatic heterocycles. The summed E-state index contributed by atoms with van der Waals surface area (Å²) in [5, 5.41) is 43.2. The van der Waals surface area contributed by atoms with Crippen LogP contribution in [0.1, 0.15) is 92.5 Å². The van der Waals surface area contributed by atoms with Gasteiger partial charge in [-0.05, 0) is 102 Å². The Morgan fingerprint density at radius 3 is 1.15 bits per heavy atom. The summed E-state index contributed by atoms with van der Waals surface area (Å²) in [5.74, 6) is -14.8. The summed E-state index contributed by atoms with van der Waals surface area (Å²) in [6, 6.07) is 14.6. The lowest BCUT2D eigenvalue weighted by Crippen LogP contribution is -2.47. The predicted molar refractivity (Wildman–Crippen MR) is 411 cm³/mol. The molecule has 3 aromatic carbocycles. The van der Waals surface area contributed by atoms with Crippen molar-refractivity contribution in [2.45, 2.75) is 113 Å². The van der Waals surface area contributed by atoms with Crippen molar-refractivity contribution >= 4 is 99.1 Å². The summed E-state index contributed by atoms with van der Waals surface area (Å²) < 4.78 is 150. The van der Waals surface area contributed by atoms with Crippen molar-refractivity contribution in [2.24, 2.45) is 15.0 Å². The van der Waals surface area contributed by atoms with E-state index in [9.17, 15) is 68.3 Å². The fourth-order valence-electron chi connectivity index (χ4n) is 14.4. The molecule has 6 atom stereocenters. The minimum atomic E-state index is -3.04. The zero-order valence-electron chi connectivity index (χ0n) is 63.3. The quantitative estimate of drug-likeness (QED) is 0.0139. The van der Waals surface area contributed by atoms with Gasteiger partial charge in [0.05, 0.1) is 75.1 Å². The Kier molecular flexibility index (Phi) is 28.8. The fourth-order valence-corrected chi connectivity index (χ4v) is 17.0. The average molecular weight is 1690 g/mol. The van der Waals surface area contributed by atoms with Gasteiger partial charge in [-0.15, -0.1) is 45.8 Å². The van der Waals surface area contributed by atoms with Gasteiger partial charge < -0.3 is 50.2 Å². The molecule has 9 heterocycles. The monoisotopic (exact) mass is 1690 g/mol. The van der Waals surface area contributed by atoms with E-state index >= 15 is 0 Å². The third-order valence-corrected chi connectivity index (χ3v) is 22.7. The molecule has 0 bridgehead atoms. The van der Waals surface area contributed by atoms with Crippen LogP contribution in [0.4, 0.5) is 39.5 Å². The molecule has 3 fully saturated rings. The Morgan fingerprint density at radius 1 is 0.504 bits per heavy atom. The molecule has 0 radical (unpaired) electrons. The number of likely N-dealkylation sites (tertiary alicyclic amines) is 3. The SMILES string of the molecule is CCOC(=O)C1=C(CN2CC(F)(F)CC2CN(C)CC(=O)O)NC(c2nccs2)=N[C@@]1(C)c1ccc(F)cc1.CCOC(=O)C1=C(CN2CC(F)(F)CC2COCC(=O)O)NC(c2nccs2)=N[C@@]1(C)c1ccc(F)cc1.CCOC(=O)C1=C(CN2CC(F)(F)CC2CSCC(=O)O)NC(c2nccs2)=N[C@@]1(C)c1ccc(F)cc1. The number of thioether (sulfide) groups is 1. The molecule has 0 spiro atoms. The maximum Gasteiger partial charge on any atom is 0.338 e. The molecule has 618 valence electrons. The van der Waals surface area contributed by atoms with Crippen LogP contribution in [-0.2, 0) is 64.3 Å². The smallest absolute Gasteiger partial charge is 0.338 e. The van der Waals surface area contributed by atoms with Gasteiger partial charge in [-0.2, -0.15) is 0 Å². The second-order valence-corrected chi connectivity index (χ2v) is 31.7. The Hall–Kier alpha value is -9.48. The zero-order valence-corrected chi connectivity index (χ0v) is 66.5. The van der Waals surface area contributed by atoms with Crippen LogP contribution in [0, 0.1) is 17.5 Å². The summed E-state index contributed by atoms with van der Waals surface area (Å²) in [6.07, 6.45) is 3.36. The van der Waals surface area contributed by atoms with Crippen LogP contribution in [-0.4, -0.2) is 243 Å². The highest BCUT2D eigenvalue weighted by Crippen LogP contribution is 2.45. The van der Waals surface area contributed by atoms with E-state index in [-0.39, 0.29) is 93.1 Å². The van der Waals surface area contributed by atoms with Crippen LogP contribution in [0.5, 0.6) is 0 Å². The van der Waals surface area contributed by atoms with Crippen molar-refractivity contribution < 1.29 is 103 Å². The topological polar surface area (TPSA) is 325 Å². The van der Waals surface area contributed by atoms with Crippen molar-refractivity contribution in [1.29, 1.82) is 0 Å². The number of rotatable bonds is 30. The Bertz CT molecular complexity index is 4470. The molecule has 3 unspecified atom stereocenters. The molecule has 6 aliphatic rings. The van der Waals surface area contributed by atoms with E-state index < -0.39 is 151 Å². The number of carboxylic acids is 3. The number of alkyl halides is 6. The lowest BCUT2D eigenvalue weighted by Gasteiger charge is -2.37. The summed E-state index contributed by atoms with van der Waals surface area (Å²) in [5.41, 5.74) is -1.31. The second-order valence-electron chi connectivity index (χ2n) is 28.0. The largest absolute Gasteiger partial charge is 0.481 e. The number of nitrogens with zero attached hydrogens (tertiary/aromatic N) is 10. The molecule has 39 heteroatoms. The van der Waals surface area contributed by atoms with E-state index in [1.165, 1.54) is 122 Å². The van der Waals surface area contributed by atoms with E-state index in [1.54, 1.807) is 88.2 Å². The fraction of sp³-hybridized carbons (Fsp3) is 0.447. The molecule has 115 heavy (non-hydrogen) atoms. The van der Waals surface area contributed by atoms with Gasteiger partial charge >= 0.3 is 35.8 Å². The maximum atomic E-state index is 14.7. The van der Waals surface area contributed by atoms with Gasteiger partial charge in [0.2, 0.25) is 0 Å². The predicted octanol–water partition coefficient (Wildman–Crippen LogP) is 10.2. The molecule has 3 saturated heterocycles. The van der Waals surface area contributed by atoms with Gasteiger partial charge in [0.1, 0.15) is 40.7 Å². The first-order valence-electron chi connectivity index (χ1n) is 36.1. The maximum absolute atomic E-state index is 14.7. The van der Waals surface area contributed by atoms with Gasteiger partial charge in [-0.25, -0.2) is 88.6 Å². The minimum Gasteiger partial charge on any atom is -0.481 e. The lowest BCUT2D eigenvalue weighted by atomic mass is 9.82. The number of halogens is 9. The van der Waals surface area contributed by atoms with Crippen molar-refractivity contribution in [3.8, 4) is 0 Å². The number of thiazole rings is 3. The van der Waals surface area contributed by atoms with Crippen molar-refractivity contribution in [3.63, 3.8) is 0 Å². The molecule has 26 nitrogen and oxygen atoms in total. The van der Waals surface area contributed by atoms with Crippen LogP contribution in [0.25, 0.3) is 0 Å². The van der Waals surface area contributed by atoms with Crippen LogP contribution >= 0.6 is 45.8 Å². The number of esters is 3. The van der Waals surface area contributed by atoms with Gasteiger partial charge in [0, 0.05) is 121 Å². The Morgan fingerprint density at radius 2 is 0.835 bits per heavy atom. The number of benzene rings is 3. The number of aliphatic imine (C=N–C) groups is 3. The molecule has 3 aromatic heterocycles. The zero-order chi connectivity index (χ0) is 83.4. The average Bonchev–Trinajstić information content (AvgIpc) is 1.50. The Balaban J connectivity index is 0.000000182. The van der Waals surface area contributed by atoms with Gasteiger partial charge in [-0.1, -0.05) is 36.4 Å². The number of hydrogen-bond acceptors (Lipinski definition) is 27. The first-order valence-corrected chi connectivity index (χ1v) is 39.9. The number of carbonyl (C=O) groups excluding carboxylic acids is 3. The molecule has 6 N–H and O–H groups in total. The molecular weight excluding hydrogens is 1600 g/mol. The number of hydrogen-bond donors (Lipinski definition) is 6. The van der Waals surface area contributed by atoms with Crippen LogP contribution in [0.15, 0.2) is 156 Å². The van der Waals surface area contributed by atoms with E-state index in [0.717, 1.165) is 11.8 Å². The van der Waals surface area contributed by atoms with Gasteiger partial charge in [0.15, 0.2) is 32.5 Å². The molecule has 12 rings (SSSR count). The third-order valence-electron chi connectivity index (χ3n) is 19.3. The first-order chi connectivity index (χ1) is 54.5. The van der Waals surface area contributed by atoms with Crippen molar-refractivity contribution in [3.05, 3.63) is 191 Å². The summed E-state index contributed by atoms with van der Waals surface area (Å²) in [4.78, 5) is 107. The highest BCUT2D eigenvalue weighted by Gasteiger charge is 2.52. The number of ether oxygens (including phenoxy) is 4. The molecule has 0 aliphatic carbocycles. The number of carboxylic acid groups (broad SMARTS) is 3. The molecule has 0 saturated carbocycles. The molecule has 0 amide bonds. The number of likely N-dealkylation sites (N-methyl/N-ethyl adjacent to an activating group) is 1. The number of aromatic nitrogens is 3. The summed E-state index contributed by atoms with van der Waals surface area (Å²) in [7, 11) is 1.56. The number of aliphatic carboxylic acids is 3. The third kappa shape index (κ3) is 22.0. The number of nitrogens with one attached hydrogen (secondary N) is 3. The van der Waals surface area contributed by atoms with E-state index in [0.29, 0.717) is 60.6 Å². The lowest BCUT2D eigenvalue weighted by molar-refractivity contribution is -0.143. The van der Waals surface area contributed by atoms with E-state index in [2.05, 4.69) is 30.9 Å². The van der Waals surface area contributed by atoms with Gasteiger partial charge in [-0.3, -0.25) is 29.2 Å². The van der Waals surface area contributed by atoms with Gasteiger partial charge in [0.25, 0.3) is 17.8 Å². The van der Waals surface area contributed by atoms with Crippen LogP contribution < -0.4 is 16.0 Å². The highest BCUT2D eigenvalue weighted by molar-refractivity contribution is 7.99. The summed E-state index contributed by atoms with van der Waals surface area (Å²) >= 11 is 4.98. The normalized spacial score (nSPS) is 23.1. The van der Waals surface area contributed by atoms with Crippen molar-refractivity contribution in [1.82, 2.24) is 50.5 Å². The van der Waals surface area contributed by atoms with E-state index in [4.69, 9.17) is 49.2 Å². The number of carbonyl (C=O) groups is 6. The highest BCUT2D eigenvalue weighted by atomic mass is 32.2. The Labute approximate surface area is 671 Å². The van der Waals surface area contributed by atoms with Crippen LogP contribution in [0.2, 0.25) is 0 Å². The van der Waals surface area contributed by atoms with E-state index in [1.807, 2.05) is 0 Å².